The fraction of sp³-hybridized carbons (Fsp3) is 0.300. The Labute approximate surface area is 102 Å². The average Bonchev–Trinajstić information content (AvgIpc) is 2.76. The minimum absolute atomic E-state index is 0.0129. The summed E-state index contributed by atoms with van der Waals surface area (Å²) in [4.78, 5) is 20.2. The number of hydrogen-bond acceptors (Lipinski definition) is 6. The van der Waals surface area contributed by atoms with Crippen LogP contribution < -0.4 is 16.4 Å². The van der Waals surface area contributed by atoms with Crippen LogP contribution in [0.4, 0.5) is 11.8 Å². The van der Waals surface area contributed by atoms with E-state index in [0.29, 0.717) is 18.8 Å². The maximum atomic E-state index is 11.1. The van der Waals surface area contributed by atoms with Gasteiger partial charge in [0, 0.05) is 20.0 Å². The molecule has 0 aromatic carbocycles. The largest absolute Gasteiger partial charge is 0.369 e. The molecule has 0 aliphatic heterocycles. The van der Waals surface area contributed by atoms with Gasteiger partial charge in [-0.05, 0) is 11.4 Å². The summed E-state index contributed by atoms with van der Waals surface area (Å²) >= 11 is 1.51. The zero-order chi connectivity index (χ0) is 12.3. The van der Waals surface area contributed by atoms with Gasteiger partial charge in [0.2, 0.25) is 11.9 Å². The van der Waals surface area contributed by atoms with Gasteiger partial charge in [0.25, 0.3) is 0 Å². The van der Waals surface area contributed by atoms with Crippen molar-refractivity contribution in [3.8, 4) is 0 Å². The van der Waals surface area contributed by atoms with Gasteiger partial charge in [-0.1, -0.05) is 0 Å². The number of nitrogen functional groups attached to an aromatic ring is 1. The van der Waals surface area contributed by atoms with Gasteiger partial charge in [-0.2, -0.15) is 4.98 Å². The number of aromatic nitrogens is 2. The van der Waals surface area contributed by atoms with E-state index in [-0.39, 0.29) is 11.9 Å². The molecule has 0 atom stereocenters. The summed E-state index contributed by atoms with van der Waals surface area (Å²) in [5, 5.41) is 8.52. The number of amides is 1. The quantitative estimate of drug-likeness (QED) is 0.748. The monoisotopic (exact) mass is 251 g/mol. The van der Waals surface area contributed by atoms with Crippen LogP contribution in [0.3, 0.4) is 0 Å². The molecule has 7 heteroatoms. The molecule has 0 saturated heterocycles. The number of thiophene rings is 1. The lowest BCUT2D eigenvalue weighted by molar-refractivity contribution is -0.120. The van der Waals surface area contributed by atoms with Crippen LogP contribution in [0.1, 0.15) is 6.42 Å². The normalized spacial score (nSPS) is 10.4. The Hall–Kier alpha value is -1.89. The molecule has 2 rings (SSSR count). The second kappa shape index (κ2) is 4.96. The van der Waals surface area contributed by atoms with E-state index >= 15 is 0 Å². The summed E-state index contributed by atoms with van der Waals surface area (Å²) < 4.78 is 0. The summed E-state index contributed by atoms with van der Waals surface area (Å²) in [6, 6.07) is 1.93. The van der Waals surface area contributed by atoms with Crippen LogP contribution >= 0.6 is 11.3 Å². The third-order valence-electron chi connectivity index (χ3n) is 2.27. The van der Waals surface area contributed by atoms with Gasteiger partial charge in [0.1, 0.15) is 10.6 Å². The first-order chi connectivity index (χ1) is 8.20. The molecule has 0 aliphatic rings. The SMILES string of the molecule is CNC(=O)CCNc1nc(N)nc2sccc12. The number of rotatable bonds is 4. The van der Waals surface area contributed by atoms with E-state index in [1.807, 2.05) is 11.4 Å². The van der Waals surface area contributed by atoms with Crippen molar-refractivity contribution < 1.29 is 4.79 Å². The molecule has 1 amide bonds. The fourth-order valence-electron chi connectivity index (χ4n) is 1.43. The Morgan fingerprint density at radius 1 is 1.53 bits per heavy atom. The third kappa shape index (κ3) is 2.62. The second-order valence-corrected chi connectivity index (χ2v) is 4.31. The highest BCUT2D eigenvalue weighted by molar-refractivity contribution is 7.16. The van der Waals surface area contributed by atoms with Gasteiger partial charge in [-0.3, -0.25) is 4.79 Å². The van der Waals surface area contributed by atoms with Crippen LogP contribution in [0.2, 0.25) is 0 Å². The summed E-state index contributed by atoms with van der Waals surface area (Å²) in [5.41, 5.74) is 5.61. The summed E-state index contributed by atoms with van der Waals surface area (Å²) in [6.07, 6.45) is 0.395. The summed E-state index contributed by atoms with van der Waals surface area (Å²) in [5.74, 6) is 0.904. The molecule has 6 nitrogen and oxygen atoms in total. The summed E-state index contributed by atoms with van der Waals surface area (Å²) in [6.45, 7) is 0.515. The minimum atomic E-state index is -0.0129. The van der Waals surface area contributed by atoms with Crippen molar-refractivity contribution in [2.75, 3.05) is 24.6 Å². The number of nitrogens with two attached hydrogens (primary N) is 1. The van der Waals surface area contributed by atoms with Crippen molar-refractivity contribution in [1.82, 2.24) is 15.3 Å². The number of carbonyl (C=O) groups is 1. The van der Waals surface area contributed by atoms with E-state index in [1.54, 1.807) is 7.05 Å². The van der Waals surface area contributed by atoms with E-state index in [4.69, 9.17) is 5.73 Å². The lowest BCUT2D eigenvalue weighted by Gasteiger charge is -2.06. The average molecular weight is 251 g/mol. The predicted molar refractivity (Wildman–Crippen MR) is 69.0 cm³/mol. The Morgan fingerprint density at radius 2 is 2.35 bits per heavy atom. The van der Waals surface area contributed by atoms with Crippen molar-refractivity contribution in [3.05, 3.63) is 11.4 Å². The van der Waals surface area contributed by atoms with E-state index in [1.165, 1.54) is 11.3 Å². The number of carbonyl (C=O) groups excluding carboxylic acids is 1. The van der Waals surface area contributed by atoms with Gasteiger partial charge >= 0.3 is 0 Å². The highest BCUT2D eigenvalue weighted by Gasteiger charge is 2.07. The zero-order valence-corrected chi connectivity index (χ0v) is 10.2. The van der Waals surface area contributed by atoms with Crippen molar-refractivity contribution in [3.63, 3.8) is 0 Å². The first-order valence-corrected chi connectivity index (χ1v) is 6.04. The van der Waals surface area contributed by atoms with E-state index in [0.717, 1.165) is 10.2 Å². The molecule has 4 N–H and O–H groups in total. The van der Waals surface area contributed by atoms with Crippen LogP contribution in [-0.2, 0) is 4.79 Å². The Morgan fingerprint density at radius 3 is 3.12 bits per heavy atom. The first kappa shape index (κ1) is 11.6. The molecule has 2 aromatic heterocycles. The number of nitrogens with one attached hydrogen (secondary N) is 2. The molecule has 0 unspecified atom stereocenters. The molecule has 0 fully saturated rings. The lowest BCUT2D eigenvalue weighted by Crippen LogP contribution is -2.21. The first-order valence-electron chi connectivity index (χ1n) is 5.16. The van der Waals surface area contributed by atoms with Crippen LogP contribution in [0, 0.1) is 0 Å². The molecule has 2 heterocycles. The van der Waals surface area contributed by atoms with Gasteiger partial charge in [0.05, 0.1) is 5.39 Å². The van der Waals surface area contributed by atoms with Crippen LogP contribution in [0.5, 0.6) is 0 Å². The van der Waals surface area contributed by atoms with E-state index in [9.17, 15) is 4.79 Å². The maximum absolute atomic E-state index is 11.1. The van der Waals surface area contributed by atoms with Crippen molar-refractivity contribution in [1.29, 1.82) is 0 Å². The van der Waals surface area contributed by atoms with Gasteiger partial charge < -0.3 is 16.4 Å². The van der Waals surface area contributed by atoms with Crippen molar-refractivity contribution in [2.24, 2.45) is 0 Å². The molecule has 0 bridgehead atoms. The standard InChI is InChI=1S/C10H13N5OS/c1-12-7(16)2-4-13-8-6-3-5-17-9(6)15-10(11)14-8/h3,5H,2,4H2,1H3,(H,12,16)(H3,11,13,14,15). The Kier molecular flexibility index (Phi) is 3.38. The third-order valence-corrected chi connectivity index (χ3v) is 3.07. The van der Waals surface area contributed by atoms with Crippen LogP contribution in [0.25, 0.3) is 10.2 Å². The van der Waals surface area contributed by atoms with Crippen molar-refractivity contribution in [2.45, 2.75) is 6.42 Å². The van der Waals surface area contributed by atoms with E-state index < -0.39 is 0 Å². The predicted octanol–water partition coefficient (Wildman–Crippen LogP) is 0.821. The molecule has 90 valence electrons. The van der Waals surface area contributed by atoms with Gasteiger partial charge in [-0.15, -0.1) is 11.3 Å². The lowest BCUT2D eigenvalue weighted by atomic mass is 10.3. The highest BCUT2D eigenvalue weighted by Crippen LogP contribution is 2.25. The molecular weight excluding hydrogens is 238 g/mol. The van der Waals surface area contributed by atoms with Crippen molar-refractivity contribution >= 4 is 39.2 Å². The molecule has 2 aromatic rings. The molecule has 0 aliphatic carbocycles. The number of nitrogens with zero attached hydrogens (tertiary/aromatic N) is 2. The van der Waals surface area contributed by atoms with Gasteiger partial charge in [0.15, 0.2) is 0 Å². The minimum Gasteiger partial charge on any atom is -0.369 e. The maximum Gasteiger partial charge on any atom is 0.223 e. The van der Waals surface area contributed by atoms with Crippen LogP contribution in [-0.4, -0.2) is 29.5 Å². The molecule has 0 saturated carbocycles. The van der Waals surface area contributed by atoms with Crippen LogP contribution in [0.15, 0.2) is 11.4 Å². The highest BCUT2D eigenvalue weighted by atomic mass is 32.1. The molecule has 0 radical (unpaired) electrons. The summed E-state index contributed by atoms with van der Waals surface area (Å²) in [7, 11) is 1.61. The zero-order valence-electron chi connectivity index (χ0n) is 9.36. The van der Waals surface area contributed by atoms with E-state index in [2.05, 4.69) is 20.6 Å². The molecule has 0 spiro atoms. The smallest absolute Gasteiger partial charge is 0.223 e. The Bertz CT molecular complexity index is 538. The molecule has 17 heavy (non-hydrogen) atoms. The Balaban J connectivity index is 2.12. The number of fused-ring (bicyclic) bond motifs is 1. The number of anilines is 2. The topological polar surface area (TPSA) is 92.9 Å². The number of hydrogen-bond donors (Lipinski definition) is 3. The molecular formula is C10H13N5OS. The fourth-order valence-corrected chi connectivity index (χ4v) is 2.20. The second-order valence-electron chi connectivity index (χ2n) is 3.42. The van der Waals surface area contributed by atoms with Gasteiger partial charge in [-0.25, -0.2) is 4.98 Å².